The van der Waals surface area contributed by atoms with Crippen LogP contribution in [0.5, 0.6) is 0 Å². The minimum absolute atomic E-state index is 0.573. The largest absolute Gasteiger partial charge is 0.421 e. The van der Waals surface area contributed by atoms with Crippen molar-refractivity contribution in [2.45, 2.75) is 19.3 Å². The first kappa shape index (κ1) is 13.7. The van der Waals surface area contributed by atoms with Crippen LogP contribution in [0.1, 0.15) is 6.92 Å². The first-order valence-corrected chi connectivity index (χ1v) is 3.37. The maximum absolute atomic E-state index is 11.8. The molecule has 0 saturated carbocycles. The monoisotopic (exact) mass is 234 g/mol. The van der Waals surface area contributed by atoms with Crippen LogP contribution < -0.4 is 0 Å². The van der Waals surface area contributed by atoms with Crippen LogP contribution >= 0.6 is 0 Å². The summed E-state index contributed by atoms with van der Waals surface area (Å²) >= 11 is 0. The molecular weight excluding hydrogens is 230 g/mol. The molecule has 0 rings (SSSR count). The van der Waals surface area contributed by atoms with Crippen molar-refractivity contribution in [3.05, 3.63) is 11.6 Å². The zero-order chi connectivity index (χ0) is 12.4. The van der Waals surface area contributed by atoms with Gasteiger partial charge >= 0.3 is 12.4 Å². The van der Waals surface area contributed by atoms with E-state index in [1.807, 2.05) is 0 Å². The molecule has 2 nitrogen and oxygen atoms in total. The van der Waals surface area contributed by atoms with Gasteiger partial charge in [0.05, 0.1) is 0 Å². The van der Waals surface area contributed by atoms with Gasteiger partial charge in [0, 0.05) is 13.0 Å². The molecule has 8 heteroatoms. The number of hydrogen-bond donors (Lipinski definition) is 0. The molecule has 0 aliphatic heterocycles. The summed E-state index contributed by atoms with van der Waals surface area (Å²) in [4.78, 5) is 20.6. The molecule has 0 aromatic heterocycles. The summed E-state index contributed by atoms with van der Waals surface area (Å²) in [6.07, 6.45) is -12.2. The summed E-state index contributed by atoms with van der Waals surface area (Å²) in [5.74, 6) is -3.25. The molecule has 0 aliphatic rings. The standard InChI is InChI=1S/C7H4F6O2/c1-3(14)4(15)2-5(6(8,9)10)7(11,12)13/h2H,1H3. The third-order valence-electron chi connectivity index (χ3n) is 1.23. The second-order valence-corrected chi connectivity index (χ2v) is 2.47. The Balaban J connectivity index is 5.33. The van der Waals surface area contributed by atoms with Crippen molar-refractivity contribution < 1.29 is 35.9 Å². The van der Waals surface area contributed by atoms with Crippen molar-refractivity contribution in [3.63, 3.8) is 0 Å². The van der Waals surface area contributed by atoms with Gasteiger partial charge in [-0.05, 0) is 0 Å². The summed E-state index contributed by atoms with van der Waals surface area (Å²) in [6, 6.07) is 0. The van der Waals surface area contributed by atoms with Gasteiger partial charge in [0.2, 0.25) is 5.78 Å². The Kier molecular flexibility index (Phi) is 3.67. The van der Waals surface area contributed by atoms with E-state index in [1.165, 1.54) is 0 Å². The Morgan fingerprint density at radius 1 is 0.933 bits per heavy atom. The van der Waals surface area contributed by atoms with E-state index in [2.05, 4.69) is 0 Å². The number of ketones is 2. The van der Waals surface area contributed by atoms with E-state index in [4.69, 9.17) is 0 Å². The Morgan fingerprint density at radius 3 is 1.47 bits per heavy atom. The van der Waals surface area contributed by atoms with E-state index in [9.17, 15) is 35.9 Å². The molecule has 0 radical (unpaired) electrons. The number of allylic oxidation sites excluding steroid dienone is 2. The smallest absolute Gasteiger partial charge is 0.291 e. The van der Waals surface area contributed by atoms with Crippen molar-refractivity contribution in [3.8, 4) is 0 Å². The number of halogens is 6. The first-order chi connectivity index (χ1) is 6.46. The quantitative estimate of drug-likeness (QED) is 0.417. The van der Waals surface area contributed by atoms with Gasteiger partial charge in [-0.3, -0.25) is 9.59 Å². The fourth-order valence-electron chi connectivity index (χ4n) is 0.557. The van der Waals surface area contributed by atoms with Crippen LogP contribution in [0.4, 0.5) is 26.3 Å². The van der Waals surface area contributed by atoms with Crippen molar-refractivity contribution in [2.24, 2.45) is 0 Å². The third kappa shape index (κ3) is 4.13. The molecule has 0 aromatic rings. The molecule has 0 unspecified atom stereocenters. The number of carbonyl (C=O) groups excluding carboxylic acids is 2. The van der Waals surface area contributed by atoms with Crippen molar-refractivity contribution in [1.29, 1.82) is 0 Å². The van der Waals surface area contributed by atoms with E-state index in [1.54, 1.807) is 0 Å². The molecule has 0 amide bonds. The molecule has 15 heavy (non-hydrogen) atoms. The van der Waals surface area contributed by atoms with Crippen LogP contribution in [0.2, 0.25) is 0 Å². The van der Waals surface area contributed by atoms with Crippen molar-refractivity contribution >= 4 is 11.6 Å². The summed E-state index contributed by atoms with van der Waals surface area (Å²) in [5.41, 5.74) is -2.99. The van der Waals surface area contributed by atoms with E-state index in [0.717, 1.165) is 0 Å². The van der Waals surface area contributed by atoms with Gasteiger partial charge in [0.15, 0.2) is 5.78 Å². The van der Waals surface area contributed by atoms with Crippen molar-refractivity contribution in [1.82, 2.24) is 0 Å². The van der Waals surface area contributed by atoms with Gasteiger partial charge in [-0.2, -0.15) is 26.3 Å². The highest BCUT2D eigenvalue weighted by molar-refractivity contribution is 6.40. The molecule has 0 saturated heterocycles. The minimum Gasteiger partial charge on any atom is -0.291 e. The summed E-state index contributed by atoms with van der Waals surface area (Å²) in [6.45, 7) is 0.573. The number of carbonyl (C=O) groups is 2. The fourth-order valence-corrected chi connectivity index (χ4v) is 0.557. The predicted octanol–water partition coefficient (Wildman–Crippen LogP) is 2.20. The van der Waals surface area contributed by atoms with Crippen LogP contribution in [0, 0.1) is 0 Å². The highest BCUT2D eigenvalue weighted by atomic mass is 19.4. The highest BCUT2D eigenvalue weighted by Gasteiger charge is 2.51. The average molecular weight is 234 g/mol. The van der Waals surface area contributed by atoms with Crippen LogP contribution in [0.25, 0.3) is 0 Å². The molecule has 0 N–H and O–H groups in total. The number of alkyl halides is 6. The Hall–Kier alpha value is -1.34. The normalized spacial score (nSPS) is 12.2. The molecule has 0 spiro atoms. The number of rotatable bonds is 2. The Morgan fingerprint density at radius 2 is 1.27 bits per heavy atom. The summed E-state index contributed by atoms with van der Waals surface area (Å²) in [7, 11) is 0. The van der Waals surface area contributed by atoms with Gasteiger partial charge in [-0.1, -0.05) is 0 Å². The van der Waals surface area contributed by atoms with E-state index in [0.29, 0.717) is 6.92 Å². The molecular formula is C7H4F6O2. The SMILES string of the molecule is CC(=O)C(=O)C=C(C(F)(F)F)C(F)(F)F. The molecule has 0 atom stereocenters. The Labute approximate surface area is 79.6 Å². The average Bonchev–Trinajstić information content (AvgIpc) is 1.94. The second kappa shape index (κ2) is 4.03. The van der Waals surface area contributed by atoms with Gasteiger partial charge in [-0.15, -0.1) is 0 Å². The maximum Gasteiger partial charge on any atom is 0.421 e. The lowest BCUT2D eigenvalue weighted by Gasteiger charge is -2.13. The van der Waals surface area contributed by atoms with Gasteiger partial charge in [0.25, 0.3) is 0 Å². The molecule has 0 aliphatic carbocycles. The van der Waals surface area contributed by atoms with Crippen LogP contribution in [0.15, 0.2) is 11.6 Å². The molecule has 0 bridgehead atoms. The van der Waals surface area contributed by atoms with Gasteiger partial charge in [-0.25, -0.2) is 0 Å². The predicted molar refractivity (Wildman–Crippen MR) is 35.9 cm³/mol. The zero-order valence-electron chi connectivity index (χ0n) is 7.16. The fraction of sp³-hybridized carbons (Fsp3) is 0.429. The van der Waals surface area contributed by atoms with E-state index in [-0.39, 0.29) is 0 Å². The lowest BCUT2D eigenvalue weighted by Crippen LogP contribution is -2.27. The molecule has 86 valence electrons. The number of Topliss-reactive ketones (excluding diaryl/α,β-unsaturated/α-hetero) is 1. The van der Waals surface area contributed by atoms with E-state index < -0.39 is 35.6 Å². The molecule has 0 heterocycles. The van der Waals surface area contributed by atoms with Crippen LogP contribution in [-0.2, 0) is 9.59 Å². The summed E-state index contributed by atoms with van der Waals surface area (Å²) in [5, 5.41) is 0. The lowest BCUT2D eigenvalue weighted by molar-refractivity contribution is -0.172. The minimum atomic E-state index is -5.72. The zero-order valence-corrected chi connectivity index (χ0v) is 7.16. The van der Waals surface area contributed by atoms with Gasteiger partial charge < -0.3 is 0 Å². The van der Waals surface area contributed by atoms with Crippen LogP contribution in [0.3, 0.4) is 0 Å². The van der Waals surface area contributed by atoms with Gasteiger partial charge in [0.1, 0.15) is 5.57 Å². The third-order valence-corrected chi connectivity index (χ3v) is 1.23. The maximum atomic E-state index is 11.8. The first-order valence-electron chi connectivity index (χ1n) is 3.37. The summed E-state index contributed by atoms with van der Waals surface area (Å²) < 4.78 is 70.7. The van der Waals surface area contributed by atoms with E-state index >= 15 is 0 Å². The van der Waals surface area contributed by atoms with Crippen molar-refractivity contribution in [2.75, 3.05) is 0 Å². The topological polar surface area (TPSA) is 34.1 Å². The highest BCUT2D eigenvalue weighted by Crippen LogP contribution is 2.38. The second-order valence-electron chi connectivity index (χ2n) is 2.47. The molecule has 0 aromatic carbocycles. The number of hydrogen-bond acceptors (Lipinski definition) is 2. The van der Waals surface area contributed by atoms with Crippen LogP contribution in [-0.4, -0.2) is 23.9 Å². The molecule has 0 fully saturated rings. The lowest BCUT2D eigenvalue weighted by atomic mass is 10.1. The Bertz CT molecular complexity index is 292.